The Balaban J connectivity index is 2.56. The predicted molar refractivity (Wildman–Crippen MR) is 79.8 cm³/mol. The molecule has 0 aliphatic rings. The van der Waals surface area contributed by atoms with Gasteiger partial charge in [-0.05, 0) is 29.8 Å². The quantitative estimate of drug-likeness (QED) is 0.792. The number of halogens is 4. The highest BCUT2D eigenvalue weighted by Crippen LogP contribution is 2.34. The maximum atomic E-state index is 14.5. The highest BCUT2D eigenvalue weighted by Gasteiger charge is 2.21. The standard InChI is InChI=1S/C16H11F4NO4/c1-24-10-2-8(6-21-7-10)3-12(17)11-4-9(15(22)23)5-13(18)14(11)25-16(19)20/h2-7,16H,1H3,(H,22,23)/b12-3-. The number of carbonyl (C=O) groups is 1. The van der Waals surface area contributed by atoms with Crippen molar-refractivity contribution in [1.82, 2.24) is 4.98 Å². The van der Waals surface area contributed by atoms with Gasteiger partial charge >= 0.3 is 12.6 Å². The number of methoxy groups -OCH3 is 1. The molecule has 1 N–H and O–H groups in total. The van der Waals surface area contributed by atoms with Gasteiger partial charge < -0.3 is 14.6 Å². The third-order valence-corrected chi connectivity index (χ3v) is 3.02. The zero-order valence-corrected chi connectivity index (χ0v) is 12.7. The highest BCUT2D eigenvalue weighted by molar-refractivity contribution is 5.90. The molecule has 0 aliphatic heterocycles. The first kappa shape index (κ1) is 18.2. The molecule has 0 aliphatic carbocycles. The molecule has 0 radical (unpaired) electrons. The van der Waals surface area contributed by atoms with Crippen LogP contribution in [0.15, 0.2) is 30.6 Å². The number of aromatic nitrogens is 1. The van der Waals surface area contributed by atoms with E-state index >= 15 is 0 Å². The fourth-order valence-electron chi connectivity index (χ4n) is 1.95. The summed E-state index contributed by atoms with van der Waals surface area (Å²) >= 11 is 0. The number of hydrogen-bond donors (Lipinski definition) is 1. The maximum absolute atomic E-state index is 14.5. The molecule has 1 aromatic carbocycles. The van der Waals surface area contributed by atoms with Gasteiger partial charge in [0.1, 0.15) is 11.6 Å². The molecule has 1 aromatic heterocycles. The molecule has 5 nitrogen and oxygen atoms in total. The highest BCUT2D eigenvalue weighted by atomic mass is 19.3. The summed E-state index contributed by atoms with van der Waals surface area (Å²) in [5.74, 6) is -4.96. The molecule has 9 heteroatoms. The number of hydrogen-bond acceptors (Lipinski definition) is 4. The van der Waals surface area contributed by atoms with Crippen LogP contribution in [-0.2, 0) is 0 Å². The third kappa shape index (κ3) is 4.46. The molecule has 25 heavy (non-hydrogen) atoms. The van der Waals surface area contributed by atoms with E-state index in [4.69, 9.17) is 9.84 Å². The van der Waals surface area contributed by atoms with E-state index < -0.39 is 41.1 Å². The van der Waals surface area contributed by atoms with E-state index in [0.29, 0.717) is 17.9 Å². The Kier molecular flexibility index (Phi) is 5.58. The summed E-state index contributed by atoms with van der Waals surface area (Å²) in [4.78, 5) is 14.8. The molecule has 0 saturated carbocycles. The van der Waals surface area contributed by atoms with Gasteiger partial charge in [0.15, 0.2) is 11.6 Å². The van der Waals surface area contributed by atoms with Crippen LogP contribution in [0, 0.1) is 5.82 Å². The Labute approximate surface area is 139 Å². The summed E-state index contributed by atoms with van der Waals surface area (Å²) in [6, 6.07) is 2.55. The number of benzene rings is 1. The summed E-state index contributed by atoms with van der Waals surface area (Å²) < 4.78 is 62.2. The minimum Gasteiger partial charge on any atom is -0.495 e. The molecule has 0 amide bonds. The Bertz CT molecular complexity index is 824. The van der Waals surface area contributed by atoms with E-state index in [1.54, 1.807) is 0 Å². The van der Waals surface area contributed by atoms with Crippen molar-refractivity contribution in [2.45, 2.75) is 6.61 Å². The minimum absolute atomic E-state index is 0.181. The summed E-state index contributed by atoms with van der Waals surface area (Å²) in [6.45, 7) is -3.42. The van der Waals surface area contributed by atoms with Crippen LogP contribution in [0.3, 0.4) is 0 Å². The van der Waals surface area contributed by atoms with Crippen molar-refractivity contribution in [3.05, 3.63) is 53.1 Å². The summed E-state index contributed by atoms with van der Waals surface area (Å²) in [5.41, 5.74) is -1.21. The van der Waals surface area contributed by atoms with Gasteiger partial charge in [-0.1, -0.05) is 0 Å². The van der Waals surface area contributed by atoms with Crippen LogP contribution in [0.5, 0.6) is 11.5 Å². The Morgan fingerprint density at radius 3 is 2.60 bits per heavy atom. The van der Waals surface area contributed by atoms with Crippen molar-refractivity contribution < 1.29 is 36.9 Å². The Morgan fingerprint density at radius 2 is 2.00 bits per heavy atom. The van der Waals surface area contributed by atoms with Gasteiger partial charge in [-0.3, -0.25) is 4.98 Å². The lowest BCUT2D eigenvalue weighted by molar-refractivity contribution is -0.0524. The van der Waals surface area contributed by atoms with Crippen LogP contribution >= 0.6 is 0 Å². The molecule has 2 aromatic rings. The van der Waals surface area contributed by atoms with Gasteiger partial charge in [0.05, 0.1) is 24.4 Å². The Morgan fingerprint density at radius 1 is 1.28 bits per heavy atom. The lowest BCUT2D eigenvalue weighted by atomic mass is 10.1. The number of ether oxygens (including phenoxy) is 2. The summed E-state index contributed by atoms with van der Waals surface area (Å²) in [7, 11) is 1.36. The fourth-order valence-corrected chi connectivity index (χ4v) is 1.95. The molecule has 132 valence electrons. The number of carboxylic acid groups (broad SMARTS) is 1. The molecule has 0 spiro atoms. The zero-order chi connectivity index (χ0) is 18.6. The molecule has 0 unspecified atom stereocenters. The SMILES string of the molecule is COc1cncc(/C=C(\F)c2cc(C(=O)O)cc(F)c2OC(F)F)c1. The predicted octanol–water partition coefficient (Wildman–Crippen LogP) is 4.00. The van der Waals surface area contributed by atoms with Crippen molar-refractivity contribution >= 4 is 17.9 Å². The minimum atomic E-state index is -3.42. The first-order valence-corrected chi connectivity index (χ1v) is 6.70. The van der Waals surface area contributed by atoms with Crippen molar-refractivity contribution in [2.24, 2.45) is 0 Å². The molecule has 0 saturated heterocycles. The van der Waals surface area contributed by atoms with E-state index in [9.17, 15) is 22.4 Å². The van der Waals surface area contributed by atoms with Gasteiger partial charge in [-0.15, -0.1) is 0 Å². The number of aromatic carboxylic acids is 1. The van der Waals surface area contributed by atoms with E-state index in [2.05, 4.69) is 9.72 Å². The first-order chi connectivity index (χ1) is 11.8. The molecule has 0 bridgehead atoms. The summed E-state index contributed by atoms with van der Waals surface area (Å²) in [6.07, 6.45) is 3.45. The van der Waals surface area contributed by atoms with Crippen LogP contribution in [0.4, 0.5) is 17.6 Å². The van der Waals surface area contributed by atoms with Gasteiger partial charge in [-0.25, -0.2) is 13.6 Å². The smallest absolute Gasteiger partial charge is 0.387 e. The number of rotatable bonds is 6. The average Bonchev–Trinajstić information content (AvgIpc) is 2.56. The summed E-state index contributed by atoms with van der Waals surface area (Å²) in [5, 5.41) is 8.92. The van der Waals surface area contributed by atoms with Crippen LogP contribution in [-0.4, -0.2) is 29.8 Å². The van der Waals surface area contributed by atoms with E-state index in [1.165, 1.54) is 25.6 Å². The van der Waals surface area contributed by atoms with Crippen LogP contribution < -0.4 is 9.47 Å². The second-order valence-corrected chi connectivity index (χ2v) is 4.67. The van der Waals surface area contributed by atoms with Crippen molar-refractivity contribution in [3.63, 3.8) is 0 Å². The van der Waals surface area contributed by atoms with E-state index in [1.807, 2.05) is 0 Å². The number of nitrogens with zero attached hydrogens (tertiary/aromatic N) is 1. The molecule has 0 atom stereocenters. The number of pyridine rings is 1. The number of alkyl halides is 2. The van der Waals surface area contributed by atoms with Crippen molar-refractivity contribution in [3.8, 4) is 11.5 Å². The van der Waals surface area contributed by atoms with Gasteiger partial charge in [-0.2, -0.15) is 8.78 Å². The van der Waals surface area contributed by atoms with Crippen LogP contribution in [0.1, 0.15) is 21.5 Å². The molecule has 1 heterocycles. The topological polar surface area (TPSA) is 68.7 Å². The van der Waals surface area contributed by atoms with Crippen molar-refractivity contribution in [2.75, 3.05) is 7.11 Å². The number of carboxylic acids is 1. The molecular formula is C16H11F4NO4. The molecule has 2 rings (SSSR count). The van der Waals surface area contributed by atoms with E-state index in [-0.39, 0.29) is 5.56 Å². The lowest BCUT2D eigenvalue weighted by Crippen LogP contribution is -2.08. The van der Waals surface area contributed by atoms with Gasteiger partial charge in [0, 0.05) is 6.20 Å². The monoisotopic (exact) mass is 357 g/mol. The Hall–Kier alpha value is -3.10. The average molecular weight is 357 g/mol. The molecular weight excluding hydrogens is 346 g/mol. The third-order valence-electron chi connectivity index (χ3n) is 3.02. The van der Waals surface area contributed by atoms with Crippen LogP contribution in [0.2, 0.25) is 0 Å². The van der Waals surface area contributed by atoms with Crippen molar-refractivity contribution in [1.29, 1.82) is 0 Å². The van der Waals surface area contributed by atoms with Crippen LogP contribution in [0.25, 0.3) is 11.9 Å². The van der Waals surface area contributed by atoms with E-state index in [0.717, 1.165) is 6.08 Å². The second-order valence-electron chi connectivity index (χ2n) is 4.67. The van der Waals surface area contributed by atoms with Gasteiger partial charge in [0.25, 0.3) is 0 Å². The maximum Gasteiger partial charge on any atom is 0.387 e. The fraction of sp³-hybridized carbons (Fsp3) is 0.125. The second kappa shape index (κ2) is 7.65. The normalized spacial score (nSPS) is 11.5. The lowest BCUT2D eigenvalue weighted by Gasteiger charge is -2.12. The first-order valence-electron chi connectivity index (χ1n) is 6.70. The zero-order valence-electron chi connectivity index (χ0n) is 12.7. The molecule has 0 fully saturated rings. The van der Waals surface area contributed by atoms with Gasteiger partial charge in [0.2, 0.25) is 0 Å². The largest absolute Gasteiger partial charge is 0.495 e.